The summed E-state index contributed by atoms with van der Waals surface area (Å²) < 4.78 is 0. The summed E-state index contributed by atoms with van der Waals surface area (Å²) in [6.07, 6.45) is 2.27. The molecule has 0 saturated heterocycles. The molecule has 5 heteroatoms. The predicted octanol–water partition coefficient (Wildman–Crippen LogP) is 2.41. The minimum absolute atomic E-state index is 0.243. The van der Waals surface area contributed by atoms with Gasteiger partial charge in [0.25, 0.3) is 0 Å². The molecule has 0 unspecified atom stereocenters. The molecular weight excluding hydrogens is 264 g/mol. The highest BCUT2D eigenvalue weighted by molar-refractivity contribution is 6.30. The number of carbonyl (C=O) groups excluding carboxylic acids is 2. The number of hydrogen-bond donors (Lipinski definition) is 1. The second-order valence-corrected chi connectivity index (χ2v) is 4.56. The summed E-state index contributed by atoms with van der Waals surface area (Å²) in [5.41, 5.74) is 0.928. The molecule has 1 atom stereocenters. The van der Waals surface area contributed by atoms with Gasteiger partial charge in [-0.05, 0) is 31.5 Å². The molecule has 0 bridgehead atoms. The Kier molecular flexibility index (Phi) is 6.36. The fourth-order valence-corrected chi connectivity index (χ4v) is 1.86. The third-order valence-corrected chi connectivity index (χ3v) is 3.10. The highest BCUT2D eigenvalue weighted by Gasteiger charge is 2.16. The average molecular weight is 282 g/mol. The molecule has 0 aliphatic rings. The lowest BCUT2D eigenvalue weighted by Gasteiger charge is -2.21. The number of rotatable bonds is 6. The van der Waals surface area contributed by atoms with Crippen molar-refractivity contribution in [2.75, 3.05) is 13.1 Å². The second-order valence-electron chi connectivity index (χ2n) is 4.12. The Morgan fingerprint density at radius 3 is 2.37 bits per heavy atom. The summed E-state index contributed by atoms with van der Waals surface area (Å²) in [6.45, 7) is 4.99. The third kappa shape index (κ3) is 4.91. The number of hydrogen-bond acceptors (Lipinski definition) is 2. The van der Waals surface area contributed by atoms with Gasteiger partial charge in [-0.3, -0.25) is 4.79 Å². The van der Waals surface area contributed by atoms with Crippen LogP contribution in [0.4, 0.5) is 4.79 Å². The summed E-state index contributed by atoms with van der Waals surface area (Å²) in [5, 5.41) is 3.30. The van der Waals surface area contributed by atoms with Gasteiger partial charge in [0.05, 0.1) is 0 Å². The first kappa shape index (κ1) is 15.5. The minimum Gasteiger partial charge on any atom is -0.327 e. The molecule has 0 fully saturated rings. The normalized spacial score (nSPS) is 11.7. The van der Waals surface area contributed by atoms with Crippen LogP contribution in [0.3, 0.4) is 0 Å². The van der Waals surface area contributed by atoms with Crippen molar-refractivity contribution >= 4 is 23.9 Å². The topological polar surface area (TPSA) is 49.4 Å². The van der Waals surface area contributed by atoms with Crippen LogP contribution in [0.15, 0.2) is 24.3 Å². The van der Waals surface area contributed by atoms with Gasteiger partial charge >= 0.3 is 6.03 Å². The van der Waals surface area contributed by atoms with Crippen LogP contribution in [-0.4, -0.2) is 36.3 Å². The van der Waals surface area contributed by atoms with Gasteiger partial charge in [0.15, 0.2) is 0 Å². The summed E-state index contributed by atoms with van der Waals surface area (Å²) >= 11 is 5.79. The van der Waals surface area contributed by atoms with Crippen molar-refractivity contribution in [2.45, 2.75) is 26.3 Å². The standard InChI is InChI=1S/C14H18ClN2O2/c1-3-17(4-2)14(19)16-13(10-18)9-11-5-7-12(15)8-6-11/h5-8,13H,3-4,9H2,1-2H3,(H,16,19)/t13-/m0/s1. The Bertz CT molecular complexity index is 416. The van der Waals surface area contributed by atoms with E-state index in [0.29, 0.717) is 24.5 Å². The number of urea groups is 1. The molecule has 1 N–H and O–H groups in total. The highest BCUT2D eigenvalue weighted by atomic mass is 35.5. The number of halogens is 1. The first-order valence-electron chi connectivity index (χ1n) is 6.28. The van der Waals surface area contributed by atoms with Crippen LogP contribution < -0.4 is 5.32 Å². The Morgan fingerprint density at radius 1 is 1.32 bits per heavy atom. The maximum absolute atomic E-state index is 11.8. The number of amides is 2. The molecule has 0 spiro atoms. The Labute approximate surface area is 118 Å². The summed E-state index contributed by atoms with van der Waals surface area (Å²) in [7, 11) is 0. The van der Waals surface area contributed by atoms with Gasteiger partial charge in [0.2, 0.25) is 6.29 Å². The lowest BCUT2D eigenvalue weighted by Crippen LogP contribution is -2.46. The Hall–Kier alpha value is -1.55. The van der Waals surface area contributed by atoms with E-state index >= 15 is 0 Å². The van der Waals surface area contributed by atoms with Gasteiger partial charge in [0, 0.05) is 24.5 Å². The number of nitrogens with zero attached hydrogens (tertiary/aromatic N) is 1. The van der Waals surface area contributed by atoms with E-state index in [4.69, 9.17) is 11.6 Å². The quantitative estimate of drug-likeness (QED) is 0.870. The molecule has 4 nitrogen and oxygen atoms in total. The molecule has 0 saturated carbocycles. The Balaban J connectivity index is 2.61. The van der Waals surface area contributed by atoms with Crippen LogP contribution in [0.2, 0.25) is 5.02 Å². The zero-order valence-corrected chi connectivity index (χ0v) is 11.9. The van der Waals surface area contributed by atoms with Crippen LogP contribution in [0, 0.1) is 0 Å². The number of carbonyl (C=O) groups is 1. The monoisotopic (exact) mass is 281 g/mol. The maximum atomic E-state index is 11.8. The molecule has 2 amide bonds. The van der Waals surface area contributed by atoms with Gasteiger partial charge in [0.1, 0.15) is 6.04 Å². The second kappa shape index (κ2) is 7.79. The minimum atomic E-state index is -0.644. The van der Waals surface area contributed by atoms with E-state index in [-0.39, 0.29) is 6.03 Å². The highest BCUT2D eigenvalue weighted by Crippen LogP contribution is 2.10. The number of nitrogens with one attached hydrogen (secondary N) is 1. The molecule has 0 heterocycles. The van der Waals surface area contributed by atoms with E-state index in [1.807, 2.05) is 32.3 Å². The van der Waals surface area contributed by atoms with Crippen LogP contribution >= 0.6 is 11.6 Å². The molecule has 103 valence electrons. The smallest absolute Gasteiger partial charge is 0.317 e. The molecule has 1 aromatic rings. The van der Waals surface area contributed by atoms with Crippen LogP contribution in [0.5, 0.6) is 0 Å². The Morgan fingerprint density at radius 2 is 1.89 bits per heavy atom. The first-order valence-corrected chi connectivity index (χ1v) is 6.66. The zero-order valence-electron chi connectivity index (χ0n) is 11.1. The summed E-state index contributed by atoms with van der Waals surface area (Å²) in [5.74, 6) is 0. The van der Waals surface area contributed by atoms with Gasteiger partial charge in [-0.2, -0.15) is 0 Å². The van der Waals surface area contributed by atoms with Crippen molar-refractivity contribution in [3.63, 3.8) is 0 Å². The SMILES string of the molecule is CCN(CC)C(=O)N[C@H]([C]=O)Cc1ccc(Cl)cc1. The van der Waals surface area contributed by atoms with Gasteiger partial charge in [-0.25, -0.2) is 4.79 Å². The van der Waals surface area contributed by atoms with Crippen molar-refractivity contribution in [2.24, 2.45) is 0 Å². The molecule has 0 aromatic heterocycles. The molecule has 1 radical (unpaired) electrons. The fourth-order valence-electron chi connectivity index (χ4n) is 1.73. The largest absolute Gasteiger partial charge is 0.327 e. The molecule has 1 rings (SSSR count). The van der Waals surface area contributed by atoms with Crippen molar-refractivity contribution in [3.05, 3.63) is 34.9 Å². The van der Waals surface area contributed by atoms with Crippen molar-refractivity contribution in [3.8, 4) is 0 Å². The first-order chi connectivity index (χ1) is 9.10. The molecule has 0 aliphatic carbocycles. The van der Waals surface area contributed by atoms with Crippen LogP contribution in [0.25, 0.3) is 0 Å². The fraction of sp³-hybridized carbons (Fsp3) is 0.429. The zero-order chi connectivity index (χ0) is 14.3. The lowest BCUT2D eigenvalue weighted by molar-refractivity contribution is 0.201. The van der Waals surface area contributed by atoms with Gasteiger partial charge < -0.3 is 10.2 Å². The molecule has 1 aromatic carbocycles. The van der Waals surface area contributed by atoms with Crippen molar-refractivity contribution in [1.82, 2.24) is 10.2 Å². The molecule has 19 heavy (non-hydrogen) atoms. The van der Waals surface area contributed by atoms with E-state index in [1.54, 1.807) is 17.0 Å². The summed E-state index contributed by atoms with van der Waals surface area (Å²) in [6, 6.07) is 6.28. The van der Waals surface area contributed by atoms with Gasteiger partial charge in [-0.15, -0.1) is 0 Å². The maximum Gasteiger partial charge on any atom is 0.317 e. The van der Waals surface area contributed by atoms with E-state index in [2.05, 4.69) is 5.32 Å². The van der Waals surface area contributed by atoms with Gasteiger partial charge in [-0.1, -0.05) is 23.7 Å². The van der Waals surface area contributed by atoms with Crippen molar-refractivity contribution < 1.29 is 9.59 Å². The van der Waals surface area contributed by atoms with E-state index in [1.165, 1.54) is 0 Å². The number of benzene rings is 1. The average Bonchev–Trinajstić information content (AvgIpc) is 2.41. The van der Waals surface area contributed by atoms with Crippen LogP contribution in [0.1, 0.15) is 19.4 Å². The molecule has 0 aliphatic heterocycles. The lowest BCUT2D eigenvalue weighted by atomic mass is 10.1. The predicted molar refractivity (Wildman–Crippen MR) is 76.1 cm³/mol. The van der Waals surface area contributed by atoms with E-state index in [9.17, 15) is 9.59 Å². The van der Waals surface area contributed by atoms with E-state index < -0.39 is 6.04 Å². The third-order valence-electron chi connectivity index (χ3n) is 2.84. The van der Waals surface area contributed by atoms with E-state index in [0.717, 1.165) is 5.56 Å². The molecular formula is C14H18ClN2O2. The van der Waals surface area contributed by atoms with Crippen LogP contribution in [-0.2, 0) is 11.2 Å². The summed E-state index contributed by atoms with van der Waals surface area (Å²) in [4.78, 5) is 24.4. The van der Waals surface area contributed by atoms with Crippen molar-refractivity contribution in [1.29, 1.82) is 0 Å².